The van der Waals surface area contributed by atoms with Crippen LogP contribution in [-0.4, -0.2) is 44.1 Å². The molecule has 9 nitrogen and oxygen atoms in total. The molecule has 0 aliphatic rings. The Morgan fingerprint density at radius 3 is 2.68 bits per heavy atom. The number of methoxy groups -OCH3 is 1. The first-order valence-electron chi connectivity index (χ1n) is 8.78. The van der Waals surface area contributed by atoms with Gasteiger partial charge < -0.3 is 4.74 Å². The highest BCUT2D eigenvalue weighted by Crippen LogP contribution is 2.28. The van der Waals surface area contributed by atoms with Crippen LogP contribution in [0.5, 0.6) is 0 Å². The van der Waals surface area contributed by atoms with Gasteiger partial charge in [-0.05, 0) is 18.1 Å². The number of amides is 1. The lowest BCUT2D eigenvalue weighted by Gasteiger charge is -2.08. The van der Waals surface area contributed by atoms with Gasteiger partial charge in [0.2, 0.25) is 0 Å². The van der Waals surface area contributed by atoms with Crippen LogP contribution in [0.2, 0.25) is 0 Å². The predicted molar refractivity (Wildman–Crippen MR) is 104 cm³/mol. The van der Waals surface area contributed by atoms with E-state index in [1.807, 2.05) is 37.3 Å². The molecule has 0 aliphatic heterocycles. The van der Waals surface area contributed by atoms with Gasteiger partial charge in [0.05, 0.1) is 11.3 Å². The van der Waals surface area contributed by atoms with Crippen LogP contribution in [0.25, 0.3) is 27.8 Å². The predicted octanol–water partition coefficient (Wildman–Crippen LogP) is 1.39. The first-order chi connectivity index (χ1) is 13.6. The Balaban J connectivity index is 1.91. The molecular weight excluding hydrogens is 360 g/mol. The summed E-state index contributed by atoms with van der Waals surface area (Å²) >= 11 is 0. The second kappa shape index (κ2) is 7.20. The van der Waals surface area contributed by atoms with E-state index in [1.54, 1.807) is 10.6 Å². The lowest BCUT2D eigenvalue weighted by molar-refractivity contribution is -0.120. The molecule has 142 valence electrons. The van der Waals surface area contributed by atoms with Crippen LogP contribution >= 0.6 is 0 Å². The summed E-state index contributed by atoms with van der Waals surface area (Å²) in [5.74, 6) is -0.447. The highest BCUT2D eigenvalue weighted by atomic mass is 16.5. The topological polar surface area (TPSA) is 103 Å². The van der Waals surface area contributed by atoms with E-state index >= 15 is 0 Å². The molecule has 0 unspecified atom stereocenters. The fourth-order valence-electron chi connectivity index (χ4n) is 3.12. The largest absolute Gasteiger partial charge is 0.375 e. The number of aryl methyl sites for hydroxylation is 1. The third kappa shape index (κ3) is 2.91. The Morgan fingerprint density at radius 2 is 1.96 bits per heavy atom. The molecule has 1 amide bonds. The van der Waals surface area contributed by atoms with E-state index in [0.29, 0.717) is 17.6 Å². The zero-order valence-corrected chi connectivity index (χ0v) is 15.4. The van der Waals surface area contributed by atoms with E-state index in [9.17, 15) is 9.59 Å². The van der Waals surface area contributed by atoms with Crippen LogP contribution in [0.1, 0.15) is 12.6 Å². The average molecular weight is 378 g/mol. The van der Waals surface area contributed by atoms with Gasteiger partial charge >= 0.3 is 0 Å². The molecule has 0 saturated heterocycles. The summed E-state index contributed by atoms with van der Waals surface area (Å²) in [5, 5.41) is 13.1. The van der Waals surface area contributed by atoms with Crippen molar-refractivity contribution in [1.82, 2.24) is 24.5 Å². The summed E-state index contributed by atoms with van der Waals surface area (Å²) < 4.78 is 7.45. The van der Waals surface area contributed by atoms with Crippen molar-refractivity contribution in [2.24, 2.45) is 0 Å². The Hall–Kier alpha value is -3.59. The maximum Gasteiger partial charge on any atom is 0.299 e. The van der Waals surface area contributed by atoms with Crippen molar-refractivity contribution in [1.29, 1.82) is 0 Å². The molecule has 3 heterocycles. The van der Waals surface area contributed by atoms with Crippen molar-refractivity contribution in [3.05, 3.63) is 58.6 Å². The number of nitrogens with one attached hydrogen (secondary N) is 1. The molecular formula is C19H18N6O3. The van der Waals surface area contributed by atoms with Crippen molar-refractivity contribution in [2.75, 3.05) is 19.1 Å². The highest BCUT2D eigenvalue weighted by molar-refractivity contribution is 5.86. The molecule has 0 spiro atoms. The van der Waals surface area contributed by atoms with Crippen molar-refractivity contribution >= 4 is 22.6 Å². The van der Waals surface area contributed by atoms with Gasteiger partial charge in [0.15, 0.2) is 11.2 Å². The van der Waals surface area contributed by atoms with E-state index in [-0.39, 0.29) is 12.1 Å². The molecule has 9 heteroatoms. The van der Waals surface area contributed by atoms with E-state index in [1.165, 1.54) is 13.3 Å². The van der Waals surface area contributed by atoms with Crippen LogP contribution in [0, 0.1) is 0 Å². The number of pyridine rings is 1. The van der Waals surface area contributed by atoms with Gasteiger partial charge in [-0.2, -0.15) is 5.10 Å². The lowest BCUT2D eigenvalue weighted by atomic mass is 10.0. The molecule has 0 bridgehead atoms. The van der Waals surface area contributed by atoms with Crippen LogP contribution in [0.15, 0.2) is 47.4 Å². The molecule has 1 N–H and O–H groups in total. The molecule has 4 rings (SSSR count). The maximum atomic E-state index is 12.7. The number of hydrogen-bond donors (Lipinski definition) is 1. The Kier molecular flexibility index (Phi) is 4.58. The van der Waals surface area contributed by atoms with Crippen molar-refractivity contribution in [2.45, 2.75) is 13.3 Å². The number of hydrogen-bond acceptors (Lipinski definition) is 6. The number of nitrogens with zero attached hydrogens (tertiary/aromatic N) is 5. The second-order valence-corrected chi connectivity index (χ2v) is 6.17. The SMILES string of the molecule is CCc1nn2c(nnc3c(=O)n(NC(=O)COC)ccc32)c1-c1ccccc1. The normalized spacial score (nSPS) is 11.2. The van der Waals surface area contributed by atoms with E-state index < -0.39 is 11.5 Å². The van der Waals surface area contributed by atoms with Crippen LogP contribution in [-0.2, 0) is 16.0 Å². The molecule has 0 saturated carbocycles. The fraction of sp³-hybridized carbons (Fsp3) is 0.211. The molecule has 0 aliphatic carbocycles. The van der Waals surface area contributed by atoms with Crippen molar-refractivity contribution in [3.63, 3.8) is 0 Å². The molecule has 28 heavy (non-hydrogen) atoms. The third-order valence-corrected chi connectivity index (χ3v) is 4.37. The van der Waals surface area contributed by atoms with Crippen molar-refractivity contribution in [3.8, 4) is 11.1 Å². The fourth-order valence-corrected chi connectivity index (χ4v) is 3.12. The summed E-state index contributed by atoms with van der Waals surface area (Å²) in [6.45, 7) is 1.86. The van der Waals surface area contributed by atoms with Crippen LogP contribution in [0.4, 0.5) is 0 Å². The first kappa shape index (κ1) is 17.8. The van der Waals surface area contributed by atoms with Gasteiger partial charge in [-0.25, -0.2) is 9.19 Å². The number of rotatable bonds is 5. The smallest absolute Gasteiger partial charge is 0.299 e. The van der Waals surface area contributed by atoms with Crippen LogP contribution in [0.3, 0.4) is 0 Å². The number of ether oxygens (including phenoxy) is 1. The van der Waals surface area contributed by atoms with Gasteiger partial charge in [-0.3, -0.25) is 15.0 Å². The Labute approximate surface area is 159 Å². The molecule has 0 fully saturated rings. The molecule has 0 radical (unpaired) electrons. The zero-order valence-electron chi connectivity index (χ0n) is 15.4. The number of carbonyl (C=O) groups excluding carboxylic acids is 1. The van der Waals surface area contributed by atoms with Gasteiger partial charge in [0, 0.05) is 13.3 Å². The molecule has 0 atom stereocenters. The zero-order chi connectivity index (χ0) is 19.7. The van der Waals surface area contributed by atoms with E-state index in [4.69, 9.17) is 4.74 Å². The van der Waals surface area contributed by atoms with Gasteiger partial charge in [-0.1, -0.05) is 37.3 Å². The number of fused-ring (bicyclic) bond motifs is 3. The first-order valence-corrected chi connectivity index (χ1v) is 8.78. The monoisotopic (exact) mass is 378 g/mol. The minimum atomic E-state index is -0.494. The average Bonchev–Trinajstić information content (AvgIpc) is 3.10. The summed E-state index contributed by atoms with van der Waals surface area (Å²) in [4.78, 5) is 24.4. The summed E-state index contributed by atoms with van der Waals surface area (Å²) in [6.07, 6.45) is 2.17. The maximum absolute atomic E-state index is 12.7. The Morgan fingerprint density at radius 1 is 1.18 bits per heavy atom. The van der Waals surface area contributed by atoms with Gasteiger partial charge in [0.1, 0.15) is 12.1 Å². The van der Waals surface area contributed by atoms with Crippen LogP contribution < -0.4 is 11.0 Å². The van der Waals surface area contributed by atoms with Gasteiger partial charge in [0.25, 0.3) is 11.5 Å². The van der Waals surface area contributed by atoms with Gasteiger partial charge in [-0.15, -0.1) is 10.2 Å². The van der Waals surface area contributed by atoms with E-state index in [2.05, 4.69) is 20.7 Å². The second-order valence-electron chi connectivity index (χ2n) is 6.17. The number of aromatic nitrogens is 5. The van der Waals surface area contributed by atoms with Crippen molar-refractivity contribution < 1.29 is 9.53 Å². The number of carbonyl (C=O) groups is 1. The lowest BCUT2D eigenvalue weighted by Crippen LogP contribution is -2.35. The quantitative estimate of drug-likeness (QED) is 0.563. The Bertz CT molecular complexity index is 1230. The number of benzene rings is 1. The summed E-state index contributed by atoms with van der Waals surface area (Å²) in [7, 11) is 1.40. The standard InChI is InChI=1S/C19H18N6O3/c1-3-13-16(12-7-5-4-6-8-12)18-21-20-17-14(25(18)22-13)9-10-24(19(17)27)23-15(26)11-28-2/h4-10H,3,11H2,1-2H3,(H,23,26). The minimum Gasteiger partial charge on any atom is -0.375 e. The minimum absolute atomic E-state index is 0.109. The third-order valence-electron chi connectivity index (χ3n) is 4.37. The summed E-state index contributed by atoms with van der Waals surface area (Å²) in [6, 6.07) is 11.5. The molecule has 3 aromatic heterocycles. The van der Waals surface area contributed by atoms with E-state index in [0.717, 1.165) is 21.5 Å². The summed E-state index contributed by atoms with van der Waals surface area (Å²) in [5.41, 5.74) is 5.91. The molecule has 1 aromatic carbocycles. The highest BCUT2D eigenvalue weighted by Gasteiger charge is 2.18. The molecule has 4 aromatic rings.